The zero-order valence-corrected chi connectivity index (χ0v) is 29.7. The Hall–Kier alpha value is -3.67. The van der Waals surface area contributed by atoms with E-state index in [0.29, 0.717) is 38.7 Å². The summed E-state index contributed by atoms with van der Waals surface area (Å²) in [4.78, 5) is 53.9. The van der Waals surface area contributed by atoms with Gasteiger partial charge >= 0.3 is 6.03 Å². The van der Waals surface area contributed by atoms with Crippen LogP contribution in [0.3, 0.4) is 0 Å². The molecule has 0 aromatic heterocycles. The van der Waals surface area contributed by atoms with Crippen molar-refractivity contribution in [3.63, 3.8) is 0 Å². The van der Waals surface area contributed by atoms with Gasteiger partial charge in [0.25, 0.3) is 0 Å². The van der Waals surface area contributed by atoms with Crippen molar-refractivity contribution in [2.45, 2.75) is 57.2 Å². The number of para-hydroxylation sites is 1. The van der Waals surface area contributed by atoms with E-state index in [0.717, 1.165) is 94.1 Å². The van der Waals surface area contributed by atoms with Crippen LogP contribution in [0.25, 0.3) is 0 Å². The van der Waals surface area contributed by atoms with Gasteiger partial charge in [-0.15, -0.1) is 0 Å². The molecular weight excluding hydrogens is 618 g/mol. The Kier molecular flexibility index (Phi) is 11.7. The number of rotatable bonds is 11. The van der Waals surface area contributed by atoms with Crippen LogP contribution >= 0.6 is 0 Å². The molecule has 11 nitrogen and oxygen atoms in total. The van der Waals surface area contributed by atoms with Gasteiger partial charge in [-0.25, -0.2) is 4.79 Å². The van der Waals surface area contributed by atoms with Gasteiger partial charge in [0.05, 0.1) is 5.92 Å². The summed E-state index contributed by atoms with van der Waals surface area (Å²) in [7, 11) is 6.22. The Morgan fingerprint density at radius 1 is 0.878 bits per heavy atom. The van der Waals surface area contributed by atoms with E-state index in [1.54, 1.807) is 0 Å². The number of nitrogens with zero attached hydrogens (tertiary/aromatic N) is 6. The largest absolute Gasteiger partial charge is 0.492 e. The molecule has 49 heavy (non-hydrogen) atoms. The molecule has 0 saturated carbocycles. The number of nitrogens with one attached hydrogen (secondary N) is 1. The molecule has 2 aromatic rings. The Labute approximate surface area is 292 Å². The van der Waals surface area contributed by atoms with Gasteiger partial charge in [0, 0.05) is 89.6 Å². The summed E-state index contributed by atoms with van der Waals surface area (Å²) < 4.78 is 6.00. The van der Waals surface area contributed by atoms with Gasteiger partial charge in [-0.05, 0) is 82.6 Å². The quantitative estimate of drug-likeness (QED) is 0.391. The fraction of sp³-hybridized carbons (Fsp3) is 0.605. The van der Waals surface area contributed by atoms with Crippen molar-refractivity contribution in [3.8, 4) is 5.75 Å². The van der Waals surface area contributed by atoms with Crippen molar-refractivity contribution in [2.24, 2.45) is 5.92 Å². The molecule has 0 radical (unpaired) electrons. The number of piperazine rings is 1. The minimum absolute atomic E-state index is 0.0240. The van der Waals surface area contributed by atoms with E-state index in [1.807, 2.05) is 71.3 Å². The molecule has 6 rings (SSSR count). The van der Waals surface area contributed by atoms with E-state index in [1.165, 1.54) is 0 Å². The smallest absolute Gasteiger partial charge is 0.322 e. The first-order valence-electron chi connectivity index (χ1n) is 18.2. The molecule has 4 amide bonds. The highest BCUT2D eigenvalue weighted by atomic mass is 16.5. The third-order valence-corrected chi connectivity index (χ3v) is 10.9. The molecular formula is C38H55N7O4. The monoisotopic (exact) mass is 673 g/mol. The minimum atomic E-state index is -0.438. The number of likely N-dealkylation sites (tertiary alicyclic amines) is 2. The minimum Gasteiger partial charge on any atom is -0.492 e. The SMILES string of the molecule is CN(C)CCOc1cccc(C[C@H](CC(=O)N2CCC(N3Cc4ccccc4NC3=O)CC2)C(=O)N2CCC(N3CCN(C)CC3)CC2)c1. The fourth-order valence-corrected chi connectivity index (χ4v) is 7.82. The molecule has 1 N–H and O–H groups in total. The number of amides is 4. The summed E-state index contributed by atoms with van der Waals surface area (Å²) in [5.74, 6) is 0.460. The second-order valence-electron chi connectivity index (χ2n) is 14.6. The summed E-state index contributed by atoms with van der Waals surface area (Å²) in [6.07, 6.45) is 4.10. The van der Waals surface area contributed by atoms with Gasteiger partial charge in [-0.3, -0.25) is 14.5 Å². The molecule has 3 saturated heterocycles. The van der Waals surface area contributed by atoms with Gasteiger partial charge < -0.3 is 34.6 Å². The van der Waals surface area contributed by atoms with Crippen LogP contribution in [0.4, 0.5) is 10.5 Å². The lowest BCUT2D eigenvalue weighted by molar-refractivity contribution is -0.143. The van der Waals surface area contributed by atoms with E-state index < -0.39 is 5.92 Å². The highest BCUT2D eigenvalue weighted by molar-refractivity contribution is 5.92. The Bertz CT molecular complexity index is 1430. The Morgan fingerprint density at radius 3 is 2.31 bits per heavy atom. The summed E-state index contributed by atoms with van der Waals surface area (Å²) in [5.41, 5.74) is 3.00. The van der Waals surface area contributed by atoms with E-state index in [4.69, 9.17) is 4.74 Å². The topological polar surface area (TPSA) is 91.9 Å². The molecule has 11 heteroatoms. The summed E-state index contributed by atoms with van der Waals surface area (Å²) in [6, 6.07) is 16.4. The molecule has 1 atom stereocenters. The van der Waals surface area contributed by atoms with E-state index >= 15 is 0 Å². The third kappa shape index (κ3) is 9.12. The maximum absolute atomic E-state index is 14.2. The van der Waals surface area contributed by atoms with Gasteiger partial charge in [-0.2, -0.15) is 0 Å². The van der Waals surface area contributed by atoms with E-state index in [2.05, 4.69) is 33.1 Å². The zero-order valence-electron chi connectivity index (χ0n) is 29.7. The predicted molar refractivity (Wildman–Crippen MR) is 192 cm³/mol. The second-order valence-corrected chi connectivity index (χ2v) is 14.6. The van der Waals surface area contributed by atoms with Crippen molar-refractivity contribution in [1.82, 2.24) is 29.4 Å². The summed E-state index contributed by atoms with van der Waals surface area (Å²) >= 11 is 0. The number of benzene rings is 2. The first-order chi connectivity index (χ1) is 23.7. The van der Waals surface area contributed by atoms with Gasteiger partial charge in [0.15, 0.2) is 0 Å². The number of ether oxygens (including phenoxy) is 1. The van der Waals surface area contributed by atoms with Gasteiger partial charge in [-0.1, -0.05) is 30.3 Å². The number of piperidine rings is 2. The highest BCUT2D eigenvalue weighted by Crippen LogP contribution is 2.29. The number of hydrogen-bond donors (Lipinski definition) is 1. The molecule has 2 aromatic carbocycles. The van der Waals surface area contributed by atoms with Gasteiger partial charge in [0.1, 0.15) is 12.4 Å². The number of carbonyl (C=O) groups is 3. The fourth-order valence-electron chi connectivity index (χ4n) is 7.82. The maximum atomic E-state index is 14.2. The zero-order chi connectivity index (χ0) is 34.3. The molecule has 0 unspecified atom stereocenters. The number of carbonyl (C=O) groups excluding carboxylic acids is 3. The van der Waals surface area contributed by atoms with Crippen LogP contribution in [0.5, 0.6) is 5.75 Å². The van der Waals surface area contributed by atoms with Crippen molar-refractivity contribution in [1.29, 1.82) is 0 Å². The van der Waals surface area contributed by atoms with Crippen LogP contribution in [0.2, 0.25) is 0 Å². The van der Waals surface area contributed by atoms with Crippen molar-refractivity contribution in [3.05, 3.63) is 59.7 Å². The first-order valence-corrected chi connectivity index (χ1v) is 18.2. The number of hydrogen-bond acceptors (Lipinski definition) is 7. The van der Waals surface area contributed by atoms with Crippen molar-refractivity contribution in [2.75, 3.05) is 92.0 Å². The van der Waals surface area contributed by atoms with Crippen LogP contribution in [-0.4, -0.2) is 146 Å². The Balaban J connectivity index is 1.08. The lowest BCUT2D eigenvalue weighted by Gasteiger charge is -2.43. The number of urea groups is 1. The molecule has 3 fully saturated rings. The molecule has 4 aliphatic rings. The molecule has 0 bridgehead atoms. The third-order valence-electron chi connectivity index (χ3n) is 10.9. The van der Waals surface area contributed by atoms with Crippen molar-refractivity contribution >= 4 is 23.5 Å². The molecule has 266 valence electrons. The van der Waals surface area contributed by atoms with Crippen LogP contribution in [0.15, 0.2) is 48.5 Å². The maximum Gasteiger partial charge on any atom is 0.322 e. The first kappa shape index (κ1) is 35.2. The van der Waals surface area contributed by atoms with Gasteiger partial charge in [0.2, 0.25) is 11.8 Å². The molecule has 0 aliphatic carbocycles. The average molecular weight is 674 g/mol. The van der Waals surface area contributed by atoms with Crippen LogP contribution < -0.4 is 10.1 Å². The van der Waals surface area contributed by atoms with E-state index in [-0.39, 0.29) is 30.3 Å². The summed E-state index contributed by atoms with van der Waals surface area (Å²) in [5, 5.41) is 3.03. The second kappa shape index (κ2) is 16.4. The number of likely N-dealkylation sites (N-methyl/N-ethyl adjacent to an activating group) is 2. The van der Waals surface area contributed by atoms with Crippen LogP contribution in [0, 0.1) is 5.92 Å². The van der Waals surface area contributed by atoms with Crippen LogP contribution in [0.1, 0.15) is 43.2 Å². The standard InChI is InChI=1S/C38H55N7O4/c1-40(2)23-24-49-34-9-6-7-29(26-34)25-31(37(47)44-17-11-32(12-18-44)42-21-19-41(3)20-22-42)27-36(46)43-15-13-33(14-16-43)45-28-30-8-4-5-10-35(30)39-38(45)48/h4-10,26,31-33H,11-25,27-28H2,1-3H3,(H,39,48)/t31-/m1/s1. The lowest BCUT2D eigenvalue weighted by atomic mass is 9.91. The lowest BCUT2D eigenvalue weighted by Crippen LogP contribution is -2.54. The highest BCUT2D eigenvalue weighted by Gasteiger charge is 2.36. The average Bonchev–Trinajstić information content (AvgIpc) is 3.11. The summed E-state index contributed by atoms with van der Waals surface area (Å²) in [6.45, 7) is 8.99. The molecule has 0 spiro atoms. The Morgan fingerprint density at radius 2 is 1.57 bits per heavy atom. The number of fused-ring (bicyclic) bond motifs is 1. The molecule has 4 heterocycles. The molecule has 4 aliphatic heterocycles. The number of anilines is 1. The normalized spacial score (nSPS) is 20.7. The van der Waals surface area contributed by atoms with Crippen LogP contribution in [-0.2, 0) is 22.6 Å². The predicted octanol–water partition coefficient (Wildman–Crippen LogP) is 3.45. The van der Waals surface area contributed by atoms with E-state index in [9.17, 15) is 14.4 Å². The van der Waals surface area contributed by atoms with Crippen molar-refractivity contribution < 1.29 is 19.1 Å².